The molecule has 1 N–H and O–H groups in total. The first-order valence-electron chi connectivity index (χ1n) is 4.97. The molecular formula is C11H10N2O5. The summed E-state index contributed by atoms with van der Waals surface area (Å²) in [7, 11) is 2.60. The van der Waals surface area contributed by atoms with E-state index >= 15 is 0 Å². The first-order valence-corrected chi connectivity index (χ1v) is 4.97. The number of methoxy groups -OCH3 is 2. The van der Waals surface area contributed by atoms with Crippen LogP contribution in [0.2, 0.25) is 0 Å². The van der Waals surface area contributed by atoms with Crippen molar-refractivity contribution in [3.63, 3.8) is 0 Å². The van der Waals surface area contributed by atoms with Gasteiger partial charge in [-0.25, -0.2) is 14.6 Å². The minimum atomic E-state index is -1.26. The second-order valence-electron chi connectivity index (χ2n) is 3.37. The topological polar surface area (TPSA) is 90.1 Å². The Balaban J connectivity index is 2.84. The van der Waals surface area contributed by atoms with E-state index in [4.69, 9.17) is 9.84 Å². The zero-order chi connectivity index (χ0) is 13.3. The molecule has 0 aliphatic carbocycles. The molecule has 0 aliphatic rings. The van der Waals surface area contributed by atoms with Gasteiger partial charge in [-0.15, -0.1) is 0 Å². The van der Waals surface area contributed by atoms with Gasteiger partial charge in [0.1, 0.15) is 0 Å². The van der Waals surface area contributed by atoms with E-state index in [1.165, 1.54) is 18.6 Å². The molecule has 0 saturated carbocycles. The van der Waals surface area contributed by atoms with Gasteiger partial charge in [0.15, 0.2) is 11.6 Å². The summed E-state index contributed by atoms with van der Waals surface area (Å²) in [6.45, 7) is 0. The van der Waals surface area contributed by atoms with E-state index < -0.39 is 11.9 Å². The number of rotatable bonds is 3. The quantitative estimate of drug-likeness (QED) is 0.811. The lowest BCUT2D eigenvalue weighted by Crippen LogP contribution is -2.05. The maximum Gasteiger partial charge on any atom is 0.372 e. The number of aromatic nitrogens is 2. The Kier molecular flexibility index (Phi) is 2.88. The van der Waals surface area contributed by atoms with Gasteiger partial charge in [-0.1, -0.05) is 6.07 Å². The summed E-state index contributed by atoms with van der Waals surface area (Å²) in [4.78, 5) is 26.4. The number of nitrogens with zero attached hydrogens (tertiary/aromatic N) is 2. The number of esters is 1. The predicted octanol–water partition coefficient (Wildman–Crippen LogP) is 0.828. The minimum Gasteiger partial charge on any atom is -0.482 e. The third-order valence-electron chi connectivity index (χ3n) is 2.41. The maximum absolute atomic E-state index is 11.5. The van der Waals surface area contributed by atoms with Gasteiger partial charge in [0, 0.05) is 0 Å². The summed E-state index contributed by atoms with van der Waals surface area (Å²) in [5.74, 6) is -1.99. The number of aromatic carboxylic acids is 1. The first kappa shape index (κ1) is 11.9. The van der Waals surface area contributed by atoms with Crippen molar-refractivity contribution in [3.8, 4) is 5.88 Å². The van der Waals surface area contributed by atoms with Crippen LogP contribution < -0.4 is 4.74 Å². The molecule has 2 aromatic heterocycles. The average Bonchev–Trinajstić information content (AvgIpc) is 2.77. The molecule has 0 amide bonds. The summed E-state index contributed by atoms with van der Waals surface area (Å²) in [6, 6.07) is 4.77. The van der Waals surface area contributed by atoms with E-state index in [0.717, 1.165) is 0 Å². The lowest BCUT2D eigenvalue weighted by atomic mass is 10.3. The standard InChI is InChI=1S/C11H10N2O5/c1-17-7-5-3-4-6-8(11(16)18-2)12-9(10(14)15)13(6)7/h3-5H,1-2H3,(H,14,15). The number of pyridine rings is 1. The SMILES string of the molecule is COC(=O)c1nc(C(=O)O)n2c(OC)cccc12. The van der Waals surface area contributed by atoms with Crippen molar-refractivity contribution in [3.05, 3.63) is 29.7 Å². The van der Waals surface area contributed by atoms with Gasteiger partial charge in [0.25, 0.3) is 0 Å². The molecule has 0 unspecified atom stereocenters. The van der Waals surface area contributed by atoms with Crippen molar-refractivity contribution in [2.75, 3.05) is 14.2 Å². The average molecular weight is 250 g/mol. The number of ether oxygens (including phenoxy) is 2. The van der Waals surface area contributed by atoms with Crippen LogP contribution in [0.5, 0.6) is 5.88 Å². The van der Waals surface area contributed by atoms with Crippen molar-refractivity contribution in [2.24, 2.45) is 0 Å². The minimum absolute atomic E-state index is 0.0613. The lowest BCUT2D eigenvalue weighted by Gasteiger charge is -2.04. The molecule has 0 spiro atoms. The van der Waals surface area contributed by atoms with Crippen molar-refractivity contribution in [2.45, 2.75) is 0 Å². The molecule has 18 heavy (non-hydrogen) atoms. The second kappa shape index (κ2) is 4.36. The van der Waals surface area contributed by atoms with Gasteiger partial charge in [-0.05, 0) is 12.1 Å². The lowest BCUT2D eigenvalue weighted by molar-refractivity contribution is 0.0597. The Morgan fingerprint density at radius 1 is 1.33 bits per heavy atom. The Labute approximate surface area is 102 Å². The van der Waals surface area contributed by atoms with Crippen LogP contribution in [-0.4, -0.2) is 40.6 Å². The third kappa shape index (κ3) is 1.65. The maximum atomic E-state index is 11.5. The number of imidazole rings is 1. The molecule has 2 aromatic rings. The molecule has 0 atom stereocenters. The molecule has 0 aliphatic heterocycles. The predicted molar refractivity (Wildman–Crippen MR) is 60.0 cm³/mol. The number of carbonyl (C=O) groups is 2. The number of fused-ring (bicyclic) bond motifs is 1. The number of carboxylic acid groups (broad SMARTS) is 1. The highest BCUT2D eigenvalue weighted by Gasteiger charge is 2.23. The van der Waals surface area contributed by atoms with E-state index in [-0.39, 0.29) is 17.4 Å². The van der Waals surface area contributed by atoms with E-state index in [0.29, 0.717) is 5.52 Å². The highest BCUT2D eigenvalue weighted by atomic mass is 16.5. The van der Waals surface area contributed by atoms with Gasteiger partial charge in [-0.3, -0.25) is 4.40 Å². The van der Waals surface area contributed by atoms with Crippen LogP contribution in [0.25, 0.3) is 5.52 Å². The zero-order valence-corrected chi connectivity index (χ0v) is 9.71. The molecule has 2 rings (SSSR count). The number of hydrogen-bond donors (Lipinski definition) is 1. The summed E-state index contributed by atoms with van der Waals surface area (Å²) < 4.78 is 10.9. The van der Waals surface area contributed by atoms with Gasteiger partial charge < -0.3 is 14.6 Å². The summed E-state index contributed by atoms with van der Waals surface area (Å²) >= 11 is 0. The van der Waals surface area contributed by atoms with Crippen LogP contribution in [0.4, 0.5) is 0 Å². The van der Waals surface area contributed by atoms with Gasteiger partial charge in [-0.2, -0.15) is 0 Å². The molecule has 0 fully saturated rings. The molecule has 0 saturated heterocycles. The van der Waals surface area contributed by atoms with E-state index in [1.807, 2.05) is 0 Å². The summed E-state index contributed by atoms with van der Waals surface area (Å²) in [5, 5.41) is 9.08. The van der Waals surface area contributed by atoms with Gasteiger partial charge in [0.05, 0.1) is 19.7 Å². The van der Waals surface area contributed by atoms with E-state index in [1.54, 1.807) is 18.2 Å². The second-order valence-corrected chi connectivity index (χ2v) is 3.37. The van der Waals surface area contributed by atoms with Crippen LogP contribution >= 0.6 is 0 Å². The zero-order valence-electron chi connectivity index (χ0n) is 9.71. The molecule has 0 aromatic carbocycles. The highest BCUT2D eigenvalue weighted by Crippen LogP contribution is 2.21. The van der Waals surface area contributed by atoms with Crippen LogP contribution in [0.3, 0.4) is 0 Å². The molecule has 7 heteroatoms. The van der Waals surface area contributed by atoms with Crippen molar-refractivity contribution < 1.29 is 24.2 Å². The van der Waals surface area contributed by atoms with Gasteiger partial charge >= 0.3 is 11.9 Å². The van der Waals surface area contributed by atoms with E-state index in [2.05, 4.69) is 9.72 Å². The van der Waals surface area contributed by atoms with Crippen molar-refractivity contribution in [1.29, 1.82) is 0 Å². The largest absolute Gasteiger partial charge is 0.482 e. The summed E-state index contributed by atoms with van der Waals surface area (Å²) in [6.07, 6.45) is 0. The molecule has 7 nitrogen and oxygen atoms in total. The van der Waals surface area contributed by atoms with Gasteiger partial charge in [0.2, 0.25) is 5.82 Å². The Morgan fingerprint density at radius 2 is 2.06 bits per heavy atom. The molecule has 0 bridgehead atoms. The fraction of sp³-hybridized carbons (Fsp3) is 0.182. The monoisotopic (exact) mass is 250 g/mol. The van der Waals surface area contributed by atoms with Crippen molar-refractivity contribution in [1.82, 2.24) is 9.38 Å². The number of carbonyl (C=O) groups excluding carboxylic acids is 1. The molecule has 94 valence electrons. The summed E-state index contributed by atoms with van der Waals surface area (Å²) in [5.41, 5.74) is 0.257. The van der Waals surface area contributed by atoms with E-state index in [9.17, 15) is 9.59 Å². The molecular weight excluding hydrogens is 240 g/mol. The van der Waals surface area contributed by atoms with Crippen LogP contribution in [-0.2, 0) is 4.74 Å². The van der Waals surface area contributed by atoms with Crippen molar-refractivity contribution >= 4 is 17.5 Å². The fourth-order valence-electron chi connectivity index (χ4n) is 1.66. The third-order valence-corrected chi connectivity index (χ3v) is 2.41. The first-order chi connectivity index (χ1) is 8.60. The Hall–Kier alpha value is -2.57. The van der Waals surface area contributed by atoms with Crippen LogP contribution in [0, 0.1) is 0 Å². The molecule has 0 radical (unpaired) electrons. The smallest absolute Gasteiger partial charge is 0.372 e. The van der Waals surface area contributed by atoms with Crippen LogP contribution in [0.1, 0.15) is 21.1 Å². The Bertz CT molecular complexity index is 632. The normalized spacial score (nSPS) is 10.3. The number of hydrogen-bond acceptors (Lipinski definition) is 5. The highest BCUT2D eigenvalue weighted by molar-refractivity contribution is 5.98. The fourth-order valence-corrected chi connectivity index (χ4v) is 1.66. The molecule has 2 heterocycles. The number of carboxylic acids is 1. The van der Waals surface area contributed by atoms with Crippen LogP contribution in [0.15, 0.2) is 18.2 Å². The Morgan fingerprint density at radius 3 is 2.61 bits per heavy atom.